The number of carbonyl (C=O) groups excluding carboxylic acids is 2. The van der Waals surface area contributed by atoms with Gasteiger partial charge in [-0.15, -0.1) is 5.92 Å². The molecule has 9 rings (SSSR count). The second-order valence-electron chi connectivity index (χ2n) is 23.2. The van der Waals surface area contributed by atoms with Gasteiger partial charge in [0.15, 0.2) is 5.78 Å². The van der Waals surface area contributed by atoms with Crippen molar-refractivity contribution in [1.82, 2.24) is 0 Å². The summed E-state index contributed by atoms with van der Waals surface area (Å²) < 4.78 is 11.6. The first-order valence-corrected chi connectivity index (χ1v) is 25.5. The Morgan fingerprint density at radius 1 is 0.969 bits per heavy atom. The largest absolute Gasteiger partial charge is 0.469 e. The highest BCUT2D eigenvalue weighted by Crippen LogP contribution is 2.70. The van der Waals surface area contributed by atoms with Crippen LogP contribution in [0.2, 0.25) is 0 Å². The fraction of sp³-hybridized carbons (Fsp3) is 0.750. The molecule has 0 saturated heterocycles. The summed E-state index contributed by atoms with van der Waals surface area (Å²) in [6.45, 7) is 14.8. The molecule has 1 aromatic rings. The van der Waals surface area contributed by atoms with Gasteiger partial charge in [-0.25, -0.2) is 0 Å². The van der Waals surface area contributed by atoms with Crippen LogP contribution in [-0.2, 0) is 19.1 Å². The monoisotopic (exact) mass is 878 g/mol. The van der Waals surface area contributed by atoms with Crippen molar-refractivity contribution in [2.45, 2.75) is 168 Å². The van der Waals surface area contributed by atoms with Crippen LogP contribution in [0.5, 0.6) is 0 Å². The number of ether oxygens (including phenoxy) is 2. The van der Waals surface area contributed by atoms with Crippen molar-refractivity contribution in [3.05, 3.63) is 52.6 Å². The topological polar surface area (TPSA) is 117 Å². The fourth-order valence-corrected chi connectivity index (χ4v) is 17.1. The van der Waals surface area contributed by atoms with E-state index in [1.165, 1.54) is 29.4 Å². The van der Waals surface area contributed by atoms with Crippen molar-refractivity contribution < 1.29 is 34.4 Å². The zero-order chi connectivity index (χ0) is 45.5. The quantitative estimate of drug-likeness (QED) is 0.157. The first kappa shape index (κ1) is 46.2. The van der Waals surface area contributed by atoms with E-state index in [4.69, 9.17) is 9.47 Å². The van der Waals surface area contributed by atoms with E-state index in [1.54, 1.807) is 0 Å². The summed E-state index contributed by atoms with van der Waals surface area (Å²) in [5, 5.41) is 36.4. The third-order valence-electron chi connectivity index (χ3n) is 20.7. The predicted molar refractivity (Wildman–Crippen MR) is 251 cm³/mol. The molecule has 3 N–H and O–H groups in total. The average Bonchev–Trinajstić information content (AvgIpc) is 3.73. The number of rotatable bonds is 10. The Hall–Kier alpha value is -2.96. The van der Waals surface area contributed by atoms with Crippen LogP contribution in [0.4, 0.5) is 5.69 Å². The Bertz CT molecular complexity index is 2080. The lowest BCUT2D eigenvalue weighted by Gasteiger charge is -2.63. The molecule has 0 aliphatic heterocycles. The fourth-order valence-electron chi connectivity index (χ4n) is 17.1. The molecule has 0 heterocycles. The van der Waals surface area contributed by atoms with Gasteiger partial charge < -0.3 is 29.7 Å². The van der Waals surface area contributed by atoms with E-state index >= 15 is 0 Å². The van der Waals surface area contributed by atoms with Gasteiger partial charge in [0, 0.05) is 43.5 Å². The lowest BCUT2D eigenvalue weighted by Crippen LogP contribution is -2.62. The minimum absolute atomic E-state index is 0.0780. The van der Waals surface area contributed by atoms with Crippen LogP contribution in [0.25, 0.3) is 0 Å². The Morgan fingerprint density at radius 3 is 2.47 bits per heavy atom. The van der Waals surface area contributed by atoms with Crippen molar-refractivity contribution in [1.29, 1.82) is 0 Å². The van der Waals surface area contributed by atoms with Crippen molar-refractivity contribution in [2.75, 3.05) is 32.2 Å². The van der Waals surface area contributed by atoms with Crippen molar-refractivity contribution >= 4 is 17.4 Å². The van der Waals surface area contributed by atoms with E-state index in [0.29, 0.717) is 60.9 Å². The van der Waals surface area contributed by atoms with Crippen LogP contribution in [0.15, 0.2) is 47.1 Å². The SMILES string of the molecule is CC#C[C@]1(O)[C@H](C)C[C@H]2[C@@H]3CCC4=CC(=O)CCC4=C3[C@@H](c3ccc(N(C)CCO[C@H]4CC[C@@]5(C)[C@@H](C4)C[C@@H](O)[C@@H]4[C@@H]5C[C@H](O)[C@]5(C)[C@@H]([C@H](C)CCC(=O)OC)CC[C@@H]45)cc3)C[C@@]21C. The highest BCUT2D eigenvalue weighted by atomic mass is 16.5. The van der Waals surface area contributed by atoms with Gasteiger partial charge in [0.2, 0.25) is 0 Å². The molecule has 8 aliphatic carbocycles. The number of hydrogen-bond acceptors (Lipinski definition) is 8. The second kappa shape index (κ2) is 17.3. The van der Waals surface area contributed by atoms with Gasteiger partial charge in [-0.2, -0.15) is 0 Å². The lowest BCUT2D eigenvalue weighted by molar-refractivity contribution is -0.209. The van der Waals surface area contributed by atoms with Gasteiger partial charge in [0.05, 0.1) is 32.0 Å². The van der Waals surface area contributed by atoms with E-state index in [-0.39, 0.29) is 58.0 Å². The van der Waals surface area contributed by atoms with Gasteiger partial charge >= 0.3 is 5.97 Å². The number of likely N-dealkylation sites (N-methyl/N-ethyl adjacent to an activating group) is 1. The molecule has 0 spiro atoms. The summed E-state index contributed by atoms with van der Waals surface area (Å²) >= 11 is 0. The number of carbonyl (C=O) groups is 2. The summed E-state index contributed by atoms with van der Waals surface area (Å²) in [7, 11) is 3.60. The van der Waals surface area contributed by atoms with E-state index < -0.39 is 11.7 Å². The van der Waals surface area contributed by atoms with Crippen molar-refractivity contribution in [2.24, 2.45) is 69.5 Å². The Labute approximate surface area is 384 Å². The molecular formula is C56H79NO7. The zero-order valence-electron chi connectivity index (χ0n) is 40.3. The lowest BCUT2D eigenvalue weighted by atomic mass is 9.43. The highest BCUT2D eigenvalue weighted by Gasteiger charge is 2.67. The molecule has 6 fully saturated rings. The van der Waals surface area contributed by atoms with Crippen LogP contribution < -0.4 is 4.90 Å². The van der Waals surface area contributed by atoms with Gasteiger partial charge in [-0.05, 0) is 189 Å². The number of hydrogen-bond donors (Lipinski definition) is 3. The Morgan fingerprint density at radius 2 is 1.73 bits per heavy atom. The highest BCUT2D eigenvalue weighted by molar-refractivity contribution is 5.93. The number of aliphatic hydroxyl groups is 3. The van der Waals surface area contributed by atoms with E-state index in [2.05, 4.69) is 82.7 Å². The predicted octanol–water partition coefficient (Wildman–Crippen LogP) is 9.60. The first-order chi connectivity index (χ1) is 30.5. The molecule has 64 heavy (non-hydrogen) atoms. The Kier molecular flexibility index (Phi) is 12.5. The molecule has 0 amide bonds. The third kappa shape index (κ3) is 7.30. The standard InChI is InChI=1S/C56H79NO7/c1-9-23-56(62)34(3)27-46-42-17-13-36-28-39(58)16-18-41(36)51(42)43(32-54(46,56)5)35-11-14-38(15-12-35)57(7)25-26-64-40-22-24-53(4)37(29-40)30-48(59)52-45-20-19-44(33(2)10-21-50(61)63-8)55(45,6)49(60)31-47(52)53/h11-12,14-15,28,33-34,37,40,42-49,52,59-60,62H,10,13,16-22,24-27,29-32H2,1-8H3/t33-,34-,37+,40+,42+,43-,44-,45+,46+,47+,48-,49+,52+,53+,54+,55-,56+/m1/s1. The van der Waals surface area contributed by atoms with Crippen molar-refractivity contribution in [3.63, 3.8) is 0 Å². The van der Waals surface area contributed by atoms with Gasteiger partial charge in [-0.1, -0.05) is 58.2 Å². The van der Waals surface area contributed by atoms with Crippen LogP contribution >= 0.6 is 0 Å². The van der Waals surface area contributed by atoms with Gasteiger partial charge in [0.25, 0.3) is 0 Å². The first-order valence-electron chi connectivity index (χ1n) is 25.5. The molecule has 1 aromatic carbocycles. The molecular weight excluding hydrogens is 799 g/mol. The molecule has 8 aliphatic rings. The molecule has 0 unspecified atom stereocenters. The molecule has 6 saturated carbocycles. The number of methoxy groups -OCH3 is 1. The number of nitrogens with zero attached hydrogens (tertiary/aromatic N) is 1. The smallest absolute Gasteiger partial charge is 0.305 e. The molecule has 0 aromatic heterocycles. The van der Waals surface area contributed by atoms with Crippen LogP contribution in [0.1, 0.15) is 149 Å². The maximum absolute atomic E-state index is 12.6. The minimum atomic E-state index is -1.02. The second-order valence-corrected chi connectivity index (χ2v) is 23.2. The molecule has 0 radical (unpaired) electrons. The number of aliphatic hydroxyl groups excluding tert-OH is 2. The summed E-state index contributed by atoms with van der Waals surface area (Å²) in [5.41, 5.74) is 5.16. The number of ketones is 1. The van der Waals surface area contributed by atoms with E-state index in [1.807, 2.05) is 13.0 Å². The molecule has 350 valence electrons. The van der Waals surface area contributed by atoms with Crippen molar-refractivity contribution in [3.8, 4) is 11.8 Å². The number of allylic oxidation sites excluding steroid dienone is 4. The van der Waals surface area contributed by atoms with Gasteiger partial charge in [0.1, 0.15) is 5.60 Å². The molecule has 0 bridgehead atoms. The van der Waals surface area contributed by atoms with Crippen LogP contribution in [-0.4, -0.2) is 78.3 Å². The number of anilines is 1. The van der Waals surface area contributed by atoms with E-state index in [0.717, 1.165) is 95.7 Å². The number of benzene rings is 1. The summed E-state index contributed by atoms with van der Waals surface area (Å²) in [6, 6.07) is 9.14. The average molecular weight is 878 g/mol. The minimum Gasteiger partial charge on any atom is -0.469 e. The normalized spacial score (nSPS) is 43.9. The van der Waals surface area contributed by atoms with Gasteiger partial charge in [-0.3, -0.25) is 9.59 Å². The number of esters is 1. The summed E-state index contributed by atoms with van der Waals surface area (Å²) in [4.78, 5) is 26.9. The van der Waals surface area contributed by atoms with E-state index in [9.17, 15) is 24.9 Å². The maximum Gasteiger partial charge on any atom is 0.305 e. The summed E-state index contributed by atoms with van der Waals surface area (Å²) in [5.74, 6) is 9.41. The molecule has 8 nitrogen and oxygen atoms in total. The maximum atomic E-state index is 12.6. The number of fused-ring (bicyclic) bond motifs is 9. The molecule has 8 heteroatoms. The van der Waals surface area contributed by atoms with Crippen LogP contribution in [0.3, 0.4) is 0 Å². The molecule has 17 atom stereocenters. The summed E-state index contributed by atoms with van der Waals surface area (Å²) in [6.07, 6.45) is 14.5. The Balaban J connectivity index is 0.843. The zero-order valence-corrected chi connectivity index (χ0v) is 40.3. The van der Waals surface area contributed by atoms with Crippen LogP contribution in [0, 0.1) is 81.3 Å². The third-order valence-corrected chi connectivity index (χ3v) is 20.7.